The van der Waals surface area contributed by atoms with Crippen molar-refractivity contribution in [3.8, 4) is 5.75 Å². The zero-order valence-electron chi connectivity index (χ0n) is 15.9. The van der Waals surface area contributed by atoms with Gasteiger partial charge in [-0.15, -0.1) is 0 Å². The van der Waals surface area contributed by atoms with Crippen LogP contribution < -0.4 is 16.8 Å². The van der Waals surface area contributed by atoms with Gasteiger partial charge in [0.2, 0.25) is 0 Å². The van der Waals surface area contributed by atoms with Crippen molar-refractivity contribution in [3.63, 3.8) is 0 Å². The number of carbonyl (C=O) groups is 3. The highest BCUT2D eigenvalue weighted by Crippen LogP contribution is 2.37. The van der Waals surface area contributed by atoms with Gasteiger partial charge in [-0.1, -0.05) is 24.3 Å². The Morgan fingerprint density at radius 1 is 1.07 bits per heavy atom. The Balaban J connectivity index is 1.95. The molecule has 0 spiro atoms. The van der Waals surface area contributed by atoms with Crippen molar-refractivity contribution in [2.24, 2.45) is 16.5 Å². The lowest BCUT2D eigenvalue weighted by molar-refractivity contribution is -0.117. The van der Waals surface area contributed by atoms with Crippen molar-refractivity contribution >= 4 is 29.0 Å². The number of aromatic hydroxyl groups is 1. The maximum Gasteiger partial charge on any atom is 0.198 e. The highest BCUT2D eigenvalue weighted by Gasteiger charge is 2.34. The van der Waals surface area contributed by atoms with E-state index in [1.165, 1.54) is 19.1 Å². The van der Waals surface area contributed by atoms with Crippen LogP contribution in [0.2, 0.25) is 0 Å². The zero-order valence-corrected chi connectivity index (χ0v) is 15.9. The molecule has 6 N–H and O–H groups in total. The smallest absolute Gasteiger partial charge is 0.198 e. The molecule has 0 saturated carbocycles. The quantitative estimate of drug-likeness (QED) is 0.206. The first-order valence-corrected chi connectivity index (χ1v) is 9.18. The molecule has 3 rings (SSSR count). The van der Waals surface area contributed by atoms with Crippen LogP contribution in [0.5, 0.6) is 5.75 Å². The third-order valence-corrected chi connectivity index (χ3v) is 4.82. The Morgan fingerprint density at radius 2 is 1.69 bits per heavy atom. The topological polar surface area (TPSA) is 148 Å². The van der Waals surface area contributed by atoms with Gasteiger partial charge < -0.3 is 21.9 Å². The maximum atomic E-state index is 13.1. The second-order valence-corrected chi connectivity index (χ2v) is 6.84. The molecule has 2 aromatic carbocycles. The summed E-state index contributed by atoms with van der Waals surface area (Å²) in [6, 6.07) is 8.71. The number of fused-ring (bicyclic) bond motifs is 2. The van der Waals surface area contributed by atoms with Gasteiger partial charge in [0.1, 0.15) is 5.75 Å². The first-order valence-electron chi connectivity index (χ1n) is 9.18. The Morgan fingerprint density at radius 3 is 2.28 bits per heavy atom. The van der Waals surface area contributed by atoms with Gasteiger partial charge in [-0.05, 0) is 31.9 Å². The third kappa shape index (κ3) is 3.96. The van der Waals surface area contributed by atoms with Crippen LogP contribution in [0.4, 0.5) is 5.69 Å². The van der Waals surface area contributed by atoms with E-state index in [0.29, 0.717) is 25.1 Å². The summed E-state index contributed by atoms with van der Waals surface area (Å²) in [4.78, 5) is 42.0. The van der Waals surface area contributed by atoms with E-state index >= 15 is 0 Å². The summed E-state index contributed by atoms with van der Waals surface area (Å²) in [5, 5.41) is 13.3. The molecule has 8 heteroatoms. The Labute approximate surface area is 167 Å². The molecule has 0 radical (unpaired) electrons. The molecule has 1 aliphatic carbocycles. The maximum absolute atomic E-state index is 13.1. The molecule has 0 aliphatic heterocycles. The van der Waals surface area contributed by atoms with Crippen LogP contribution >= 0.6 is 0 Å². The molecule has 29 heavy (non-hydrogen) atoms. The molecule has 8 nitrogen and oxygen atoms in total. The van der Waals surface area contributed by atoms with Crippen molar-refractivity contribution in [2.75, 3.05) is 11.9 Å². The van der Waals surface area contributed by atoms with Gasteiger partial charge in [0, 0.05) is 23.4 Å². The minimum absolute atomic E-state index is 0.0206. The lowest BCUT2D eigenvalue weighted by Gasteiger charge is -2.24. The van der Waals surface area contributed by atoms with E-state index in [9.17, 15) is 19.5 Å². The van der Waals surface area contributed by atoms with E-state index in [0.717, 1.165) is 0 Å². The summed E-state index contributed by atoms with van der Waals surface area (Å²) in [6.07, 6.45) is 0.978. The van der Waals surface area contributed by atoms with Gasteiger partial charge in [0.25, 0.3) is 0 Å². The number of nitrogens with one attached hydrogen (secondary N) is 1. The first-order chi connectivity index (χ1) is 13.8. The number of carbonyl (C=O) groups excluding carboxylic acids is 3. The number of hydrogen-bond donors (Lipinski definition) is 4. The normalized spacial score (nSPS) is 13.3. The second-order valence-electron chi connectivity index (χ2n) is 6.84. The van der Waals surface area contributed by atoms with Crippen LogP contribution in [0, 0.1) is 0 Å². The van der Waals surface area contributed by atoms with Crippen LogP contribution in [0.1, 0.15) is 51.6 Å². The molecular formula is C21H22N4O4. The Hall–Kier alpha value is -3.68. The van der Waals surface area contributed by atoms with Gasteiger partial charge in [0.15, 0.2) is 23.3 Å². The lowest BCUT2D eigenvalue weighted by Crippen LogP contribution is -2.30. The van der Waals surface area contributed by atoms with E-state index in [-0.39, 0.29) is 45.5 Å². The van der Waals surface area contributed by atoms with Crippen LogP contribution in [0.3, 0.4) is 0 Å². The Kier molecular flexibility index (Phi) is 5.63. The molecule has 0 heterocycles. The van der Waals surface area contributed by atoms with Gasteiger partial charge >= 0.3 is 0 Å². The van der Waals surface area contributed by atoms with Gasteiger partial charge in [-0.3, -0.25) is 19.4 Å². The van der Waals surface area contributed by atoms with Crippen LogP contribution in [0.15, 0.2) is 41.4 Å². The number of Topliss-reactive ketones (excluding diaryl/α,β-unsaturated/α-hetero) is 1. The number of nitrogens with two attached hydrogens (primary N) is 2. The van der Waals surface area contributed by atoms with Gasteiger partial charge in [-0.25, -0.2) is 0 Å². The summed E-state index contributed by atoms with van der Waals surface area (Å²) >= 11 is 0. The summed E-state index contributed by atoms with van der Waals surface area (Å²) < 4.78 is 0. The standard InChI is InChI=1S/C21H22N4O4/c1-11(26)14(7-4-10-24-21(22)23)25-15-8-9-16(27)18-17(15)19(28)12-5-2-3-6-13(12)20(18)29/h2-3,5-6,8-9,14,25,27H,4,7,10H2,1H3,(H4,22,23,24)/t14-/m0/s1. The molecule has 0 bridgehead atoms. The molecule has 150 valence electrons. The molecule has 0 amide bonds. The van der Waals surface area contributed by atoms with E-state index < -0.39 is 11.8 Å². The number of benzene rings is 2. The number of ketones is 3. The third-order valence-electron chi connectivity index (χ3n) is 4.82. The fourth-order valence-corrected chi connectivity index (χ4v) is 3.39. The van der Waals surface area contributed by atoms with Crippen LogP contribution in [-0.4, -0.2) is 41.0 Å². The number of hydrogen-bond acceptors (Lipinski definition) is 6. The number of phenolic OH excluding ortho intramolecular Hbond substituents is 1. The van der Waals surface area contributed by atoms with Gasteiger partial charge in [-0.2, -0.15) is 0 Å². The SMILES string of the molecule is CC(=O)[C@H](CCCN=C(N)N)Nc1ccc(O)c2c1C(=O)c1ccccc1C2=O. The molecule has 1 aliphatic rings. The van der Waals surface area contributed by atoms with Crippen molar-refractivity contribution < 1.29 is 19.5 Å². The van der Waals surface area contributed by atoms with Crippen molar-refractivity contribution in [3.05, 3.63) is 58.7 Å². The molecular weight excluding hydrogens is 372 g/mol. The molecule has 2 aromatic rings. The molecule has 1 atom stereocenters. The minimum atomic E-state index is -0.599. The van der Waals surface area contributed by atoms with Crippen molar-refractivity contribution in [2.45, 2.75) is 25.8 Å². The highest BCUT2D eigenvalue weighted by atomic mass is 16.3. The number of anilines is 1. The Bertz CT molecular complexity index is 1030. The van der Waals surface area contributed by atoms with Crippen LogP contribution in [-0.2, 0) is 4.79 Å². The fraction of sp³-hybridized carbons (Fsp3) is 0.238. The van der Waals surface area contributed by atoms with Crippen molar-refractivity contribution in [1.82, 2.24) is 0 Å². The zero-order chi connectivity index (χ0) is 21.1. The number of rotatable bonds is 7. The number of nitrogens with zero attached hydrogens (tertiary/aromatic N) is 1. The first kappa shape index (κ1) is 20.1. The molecule has 0 fully saturated rings. The average Bonchev–Trinajstić information content (AvgIpc) is 2.69. The van der Waals surface area contributed by atoms with E-state index in [2.05, 4.69) is 10.3 Å². The summed E-state index contributed by atoms with van der Waals surface area (Å²) in [5.41, 5.74) is 11.5. The predicted molar refractivity (Wildman–Crippen MR) is 109 cm³/mol. The summed E-state index contributed by atoms with van der Waals surface area (Å²) in [6.45, 7) is 1.81. The number of guanidine groups is 1. The van der Waals surface area contributed by atoms with E-state index in [1.54, 1.807) is 24.3 Å². The van der Waals surface area contributed by atoms with Gasteiger partial charge in [0.05, 0.1) is 17.2 Å². The predicted octanol–water partition coefficient (Wildman–Crippen LogP) is 1.59. The summed E-state index contributed by atoms with van der Waals surface area (Å²) in [7, 11) is 0. The van der Waals surface area contributed by atoms with E-state index in [1.807, 2.05) is 0 Å². The highest BCUT2D eigenvalue weighted by molar-refractivity contribution is 6.31. The monoisotopic (exact) mass is 394 g/mol. The second kappa shape index (κ2) is 8.14. The van der Waals surface area contributed by atoms with Crippen molar-refractivity contribution in [1.29, 1.82) is 0 Å². The number of phenols is 1. The lowest BCUT2D eigenvalue weighted by atomic mass is 9.82. The van der Waals surface area contributed by atoms with Crippen LogP contribution in [0.25, 0.3) is 0 Å². The minimum Gasteiger partial charge on any atom is -0.507 e. The average molecular weight is 394 g/mol. The summed E-state index contributed by atoms with van der Waals surface area (Å²) in [5.74, 6) is -1.23. The molecule has 0 unspecified atom stereocenters. The largest absolute Gasteiger partial charge is 0.507 e. The fourth-order valence-electron chi connectivity index (χ4n) is 3.39. The molecule has 0 saturated heterocycles. The molecule has 0 aromatic heterocycles. The number of aliphatic imine (C=N–C) groups is 1. The van der Waals surface area contributed by atoms with E-state index in [4.69, 9.17) is 11.5 Å².